The van der Waals surface area contributed by atoms with Gasteiger partial charge in [-0.2, -0.15) is 13.2 Å². The van der Waals surface area contributed by atoms with Gasteiger partial charge < -0.3 is 9.84 Å². The molecule has 0 saturated heterocycles. The van der Waals surface area contributed by atoms with Gasteiger partial charge >= 0.3 is 6.18 Å². The van der Waals surface area contributed by atoms with Crippen LogP contribution in [0.1, 0.15) is 18.4 Å². The van der Waals surface area contributed by atoms with Gasteiger partial charge in [0.15, 0.2) is 0 Å². The SMILES string of the molecule is O=S(=O)(c1cccc(C(F)(F)F)c1)N1C[C@H](CCCO)Oc2ccc(-c3cccc(Cl)c3)cc21. The lowest BCUT2D eigenvalue weighted by Crippen LogP contribution is -2.43. The fourth-order valence-corrected chi connectivity index (χ4v) is 5.55. The molecule has 0 aromatic heterocycles. The molecule has 34 heavy (non-hydrogen) atoms. The van der Waals surface area contributed by atoms with E-state index in [1.54, 1.807) is 36.4 Å². The molecule has 5 nitrogen and oxygen atoms in total. The highest BCUT2D eigenvalue weighted by atomic mass is 35.5. The molecule has 0 radical (unpaired) electrons. The number of sulfonamides is 1. The normalized spacial score (nSPS) is 16.1. The van der Waals surface area contributed by atoms with Gasteiger partial charge in [-0.1, -0.05) is 35.9 Å². The van der Waals surface area contributed by atoms with Crippen LogP contribution in [0.5, 0.6) is 5.75 Å². The number of aliphatic hydroxyl groups excluding tert-OH is 1. The molecule has 0 bridgehead atoms. The van der Waals surface area contributed by atoms with Crippen molar-refractivity contribution in [2.75, 3.05) is 17.5 Å². The van der Waals surface area contributed by atoms with Crippen molar-refractivity contribution in [3.8, 4) is 16.9 Å². The van der Waals surface area contributed by atoms with Gasteiger partial charge in [0.1, 0.15) is 11.9 Å². The lowest BCUT2D eigenvalue weighted by atomic mass is 10.0. The Hall–Kier alpha value is -2.75. The van der Waals surface area contributed by atoms with Crippen LogP contribution in [0, 0.1) is 0 Å². The Morgan fingerprint density at radius 1 is 1.03 bits per heavy atom. The Morgan fingerprint density at radius 3 is 2.47 bits per heavy atom. The summed E-state index contributed by atoms with van der Waals surface area (Å²) in [5.41, 5.74) is 0.582. The van der Waals surface area contributed by atoms with E-state index in [2.05, 4.69) is 0 Å². The summed E-state index contributed by atoms with van der Waals surface area (Å²) >= 11 is 6.10. The van der Waals surface area contributed by atoms with Crippen LogP contribution < -0.4 is 9.04 Å². The largest absolute Gasteiger partial charge is 0.486 e. The second-order valence-corrected chi connectivity index (χ2v) is 10.2. The molecule has 4 rings (SSSR count). The van der Waals surface area contributed by atoms with Crippen LogP contribution >= 0.6 is 11.6 Å². The van der Waals surface area contributed by atoms with E-state index in [4.69, 9.17) is 16.3 Å². The first-order valence-corrected chi connectivity index (χ1v) is 12.3. The van der Waals surface area contributed by atoms with Crippen LogP contribution in [-0.4, -0.2) is 32.8 Å². The Kier molecular flexibility index (Phi) is 6.80. The van der Waals surface area contributed by atoms with Gasteiger partial charge in [0.2, 0.25) is 0 Å². The molecule has 0 saturated carbocycles. The number of ether oxygens (including phenoxy) is 1. The van der Waals surface area contributed by atoms with Crippen LogP contribution in [0.3, 0.4) is 0 Å². The Morgan fingerprint density at radius 2 is 1.76 bits per heavy atom. The fourth-order valence-electron chi connectivity index (χ4n) is 3.82. The summed E-state index contributed by atoms with van der Waals surface area (Å²) in [7, 11) is -4.36. The van der Waals surface area contributed by atoms with Crippen LogP contribution in [-0.2, 0) is 16.2 Å². The van der Waals surface area contributed by atoms with Crippen LogP contribution in [0.25, 0.3) is 11.1 Å². The van der Waals surface area contributed by atoms with E-state index in [1.807, 2.05) is 6.07 Å². The number of alkyl halides is 3. The molecule has 3 aromatic rings. The summed E-state index contributed by atoms with van der Waals surface area (Å²) in [6.07, 6.45) is -4.49. The number of hydrogen-bond donors (Lipinski definition) is 1. The first-order chi connectivity index (χ1) is 16.1. The summed E-state index contributed by atoms with van der Waals surface area (Å²) < 4.78 is 74.0. The highest BCUT2D eigenvalue weighted by Gasteiger charge is 2.37. The highest BCUT2D eigenvalue weighted by molar-refractivity contribution is 7.92. The lowest BCUT2D eigenvalue weighted by Gasteiger charge is -2.36. The predicted molar refractivity (Wildman–Crippen MR) is 124 cm³/mol. The van der Waals surface area contributed by atoms with Gasteiger partial charge in [-0.3, -0.25) is 4.31 Å². The van der Waals surface area contributed by atoms with E-state index < -0.39 is 32.8 Å². The van der Waals surface area contributed by atoms with Gasteiger partial charge in [0.05, 0.1) is 22.7 Å². The van der Waals surface area contributed by atoms with Crippen LogP contribution in [0.15, 0.2) is 71.6 Å². The monoisotopic (exact) mass is 511 g/mol. The molecule has 0 aliphatic carbocycles. The second-order valence-electron chi connectivity index (χ2n) is 7.86. The third-order valence-corrected chi connectivity index (χ3v) is 7.49. The molecular formula is C24H21ClF3NO4S. The number of aliphatic hydroxyl groups is 1. The maximum absolute atomic E-state index is 13.6. The van der Waals surface area contributed by atoms with Crippen molar-refractivity contribution >= 4 is 27.3 Å². The lowest BCUT2D eigenvalue weighted by molar-refractivity contribution is -0.137. The van der Waals surface area contributed by atoms with Crippen molar-refractivity contribution in [2.24, 2.45) is 0 Å². The highest BCUT2D eigenvalue weighted by Crippen LogP contribution is 2.41. The molecule has 1 aliphatic heterocycles. The molecule has 0 fully saturated rings. The molecule has 0 amide bonds. The number of fused-ring (bicyclic) bond motifs is 1. The number of benzene rings is 3. The fraction of sp³-hybridized carbons (Fsp3) is 0.250. The summed E-state index contributed by atoms with van der Waals surface area (Å²) in [6.45, 7) is -0.203. The smallest absolute Gasteiger partial charge is 0.416 e. The van der Waals surface area contributed by atoms with Crippen LogP contribution in [0.2, 0.25) is 5.02 Å². The molecule has 180 valence electrons. The molecule has 1 N–H and O–H groups in total. The van der Waals surface area contributed by atoms with Crippen molar-refractivity contribution in [3.05, 3.63) is 77.3 Å². The van der Waals surface area contributed by atoms with Gasteiger partial charge in [0.25, 0.3) is 10.0 Å². The number of nitrogens with zero attached hydrogens (tertiary/aromatic N) is 1. The molecule has 1 heterocycles. The maximum Gasteiger partial charge on any atom is 0.416 e. The molecule has 1 aliphatic rings. The van der Waals surface area contributed by atoms with Gasteiger partial charge in [-0.25, -0.2) is 8.42 Å². The molecule has 10 heteroatoms. The number of anilines is 1. The van der Waals surface area contributed by atoms with Gasteiger partial charge in [-0.15, -0.1) is 0 Å². The quantitative estimate of drug-likeness (QED) is 0.457. The summed E-state index contributed by atoms with van der Waals surface area (Å²) in [6, 6.07) is 15.7. The molecule has 3 aromatic carbocycles. The number of hydrogen-bond acceptors (Lipinski definition) is 4. The first kappa shape index (κ1) is 24.4. The number of rotatable bonds is 6. The van der Waals surface area contributed by atoms with Gasteiger partial charge in [-0.05, 0) is 66.4 Å². The van der Waals surface area contributed by atoms with E-state index in [0.29, 0.717) is 29.5 Å². The molecule has 0 unspecified atom stereocenters. The van der Waals surface area contributed by atoms with Crippen molar-refractivity contribution in [1.29, 1.82) is 0 Å². The van der Waals surface area contributed by atoms with Crippen LogP contribution in [0.4, 0.5) is 18.9 Å². The standard InChI is InChI=1S/C24H21ClF3NO4S/c25-19-6-1-4-16(12-19)17-9-10-23-22(13-17)29(15-20(33-23)7-3-11-30)34(31,32)21-8-2-5-18(14-21)24(26,27)28/h1-2,4-6,8-10,12-14,20,30H,3,7,11,15H2/t20-/m0/s1. The molecule has 1 atom stereocenters. The summed E-state index contributed by atoms with van der Waals surface area (Å²) in [5.74, 6) is 0.288. The van der Waals surface area contributed by atoms with E-state index in [9.17, 15) is 26.7 Å². The first-order valence-electron chi connectivity index (χ1n) is 10.5. The van der Waals surface area contributed by atoms with Crippen molar-refractivity contribution in [2.45, 2.75) is 30.0 Å². The topological polar surface area (TPSA) is 66.8 Å². The minimum Gasteiger partial charge on any atom is -0.486 e. The minimum atomic E-state index is -4.68. The third-order valence-electron chi connectivity index (χ3n) is 5.48. The zero-order valence-electron chi connectivity index (χ0n) is 17.8. The molecular weight excluding hydrogens is 491 g/mol. The number of halogens is 4. The van der Waals surface area contributed by atoms with E-state index >= 15 is 0 Å². The van der Waals surface area contributed by atoms with Crippen molar-refractivity contribution < 1.29 is 31.4 Å². The minimum absolute atomic E-state index is 0.0964. The predicted octanol–water partition coefficient (Wildman–Crippen LogP) is 5.75. The average Bonchev–Trinajstić information content (AvgIpc) is 2.81. The van der Waals surface area contributed by atoms with E-state index in [-0.39, 0.29) is 24.6 Å². The Labute approximate surface area is 200 Å². The van der Waals surface area contributed by atoms with Crippen molar-refractivity contribution in [1.82, 2.24) is 0 Å². The zero-order valence-corrected chi connectivity index (χ0v) is 19.4. The zero-order chi connectivity index (χ0) is 24.5. The Bertz CT molecular complexity index is 1300. The average molecular weight is 512 g/mol. The van der Waals surface area contributed by atoms with E-state index in [1.165, 1.54) is 0 Å². The summed E-state index contributed by atoms with van der Waals surface area (Å²) in [4.78, 5) is -0.468. The molecule has 0 spiro atoms. The Balaban J connectivity index is 1.81. The second kappa shape index (κ2) is 9.48. The third kappa shape index (κ3) is 5.01. The maximum atomic E-state index is 13.6. The summed E-state index contributed by atoms with van der Waals surface area (Å²) in [5, 5.41) is 9.69. The van der Waals surface area contributed by atoms with Gasteiger partial charge in [0, 0.05) is 11.6 Å². The van der Waals surface area contributed by atoms with E-state index in [0.717, 1.165) is 28.1 Å². The van der Waals surface area contributed by atoms with Crippen molar-refractivity contribution in [3.63, 3.8) is 0 Å².